The number of carboxylic acid groups (broad SMARTS) is 1. The Hall–Kier alpha value is -1.53. The van der Waals surface area contributed by atoms with E-state index in [0.29, 0.717) is 13.0 Å². The van der Waals surface area contributed by atoms with Crippen LogP contribution in [0, 0.1) is 12.8 Å². The second kappa shape index (κ2) is 23.7. The van der Waals surface area contributed by atoms with Crippen LogP contribution in [0.4, 0.5) is 0 Å². The molecule has 1 aliphatic rings. The van der Waals surface area contributed by atoms with Gasteiger partial charge in [-0.3, -0.25) is 14.6 Å². The Morgan fingerprint density at radius 1 is 1.21 bits per heavy atom. The molecule has 140 valence electrons. The number of unbranched alkanes of at least 4 members (excludes halogenated alkanes) is 1. The number of nitrogens with two attached hydrogens (primary N) is 2. The maximum atomic E-state index is 10.7. The van der Waals surface area contributed by atoms with Crippen molar-refractivity contribution < 1.29 is 14.7 Å². The van der Waals surface area contributed by atoms with Crippen molar-refractivity contribution in [2.75, 3.05) is 24.6 Å². The molecule has 1 aliphatic heterocycles. The third kappa shape index (κ3) is 32.4. The predicted molar refractivity (Wildman–Crippen MR) is 106 cm³/mol. The molecule has 1 fully saturated rings. The third-order valence-electron chi connectivity index (χ3n) is 2.07. The summed E-state index contributed by atoms with van der Waals surface area (Å²) in [6, 6.07) is 0. The molecular formula is C15H30N4O3S2. The van der Waals surface area contributed by atoms with Gasteiger partial charge in [0.2, 0.25) is 5.91 Å². The van der Waals surface area contributed by atoms with Crippen LogP contribution in [0.1, 0.15) is 39.5 Å². The van der Waals surface area contributed by atoms with Gasteiger partial charge in [0, 0.05) is 24.5 Å². The molecule has 1 heterocycles. The van der Waals surface area contributed by atoms with Gasteiger partial charge in [0.1, 0.15) is 6.54 Å². The minimum absolute atomic E-state index is 0.164. The summed E-state index contributed by atoms with van der Waals surface area (Å²) in [6.07, 6.45) is 11.6. The summed E-state index contributed by atoms with van der Waals surface area (Å²) in [5.74, 6) is 1.73. The lowest BCUT2D eigenvalue weighted by molar-refractivity contribution is -0.137. The molecule has 0 bridgehead atoms. The number of nitrogens with one attached hydrogen (secondary N) is 1. The Morgan fingerprint density at radius 2 is 1.75 bits per heavy atom. The van der Waals surface area contributed by atoms with E-state index in [4.69, 9.17) is 16.6 Å². The van der Waals surface area contributed by atoms with Gasteiger partial charge in [-0.2, -0.15) is 0 Å². The number of carbonyl (C=O) groups is 2. The number of rotatable bonds is 6. The quantitative estimate of drug-likeness (QED) is 0.239. The van der Waals surface area contributed by atoms with E-state index in [0.717, 1.165) is 12.8 Å². The molecular weight excluding hydrogens is 348 g/mol. The molecule has 0 aromatic heterocycles. The molecule has 0 unspecified atom stereocenters. The number of hydrogen-bond acceptors (Lipinski definition) is 5. The van der Waals surface area contributed by atoms with Crippen LogP contribution in [-0.4, -0.2) is 47.5 Å². The molecule has 6 N–H and O–H groups in total. The summed E-state index contributed by atoms with van der Waals surface area (Å²) in [5, 5.41) is 10.5. The number of amides is 1. The molecule has 0 aliphatic carbocycles. The highest BCUT2D eigenvalue weighted by Crippen LogP contribution is 2.29. The fourth-order valence-corrected chi connectivity index (χ4v) is 3.43. The molecule has 0 saturated carbocycles. The summed E-state index contributed by atoms with van der Waals surface area (Å²) in [4.78, 5) is 24.3. The van der Waals surface area contributed by atoms with Crippen molar-refractivity contribution in [3.63, 3.8) is 0 Å². The summed E-state index contributed by atoms with van der Waals surface area (Å²) in [7, 11) is 3.98. The van der Waals surface area contributed by atoms with Gasteiger partial charge in [-0.15, -0.1) is 12.8 Å². The zero-order valence-electron chi connectivity index (χ0n) is 14.5. The zero-order valence-corrected chi connectivity index (χ0v) is 16.1. The van der Waals surface area contributed by atoms with Crippen LogP contribution in [0.3, 0.4) is 0 Å². The number of carbonyl (C=O) groups excluding carboxylic acids is 1. The number of nitrogens with zero attached hydrogens (tertiary/aromatic N) is 1. The Labute approximate surface area is 153 Å². The summed E-state index contributed by atoms with van der Waals surface area (Å²) >= 11 is 0. The predicted octanol–water partition coefficient (Wildman–Crippen LogP) is 1.68. The van der Waals surface area contributed by atoms with Gasteiger partial charge in [-0.25, -0.2) is 0 Å². The first kappa shape index (κ1) is 27.3. The molecule has 9 heteroatoms. The van der Waals surface area contributed by atoms with E-state index >= 15 is 0 Å². The third-order valence-corrected chi connectivity index (χ3v) is 4.65. The number of guanidine groups is 1. The maximum Gasteiger partial charge on any atom is 0.322 e. The first-order valence-electron chi connectivity index (χ1n) is 7.55. The van der Waals surface area contributed by atoms with Gasteiger partial charge >= 0.3 is 5.97 Å². The zero-order chi connectivity index (χ0) is 19.2. The van der Waals surface area contributed by atoms with Crippen molar-refractivity contribution in [1.82, 2.24) is 5.32 Å². The van der Waals surface area contributed by atoms with Crippen molar-refractivity contribution in [1.29, 1.82) is 0 Å². The topological polar surface area (TPSA) is 131 Å². The van der Waals surface area contributed by atoms with Crippen LogP contribution >= 0.6 is 21.6 Å². The van der Waals surface area contributed by atoms with E-state index in [-0.39, 0.29) is 18.4 Å². The molecule has 7 nitrogen and oxygen atoms in total. The number of aliphatic imine (C=N–C) groups is 1. The summed E-state index contributed by atoms with van der Waals surface area (Å²) in [6.45, 7) is 4.25. The van der Waals surface area contributed by atoms with Gasteiger partial charge in [-0.05, 0) is 19.8 Å². The lowest BCUT2D eigenvalue weighted by Crippen LogP contribution is -2.28. The van der Waals surface area contributed by atoms with Crippen LogP contribution in [-0.2, 0) is 9.59 Å². The molecule has 24 heavy (non-hydrogen) atoms. The monoisotopic (exact) mass is 378 g/mol. The lowest BCUT2D eigenvalue weighted by Gasteiger charge is -1.99. The number of aliphatic carboxylic acids is 1. The first-order chi connectivity index (χ1) is 11.4. The van der Waals surface area contributed by atoms with Gasteiger partial charge < -0.3 is 21.9 Å². The van der Waals surface area contributed by atoms with Crippen LogP contribution in [0.5, 0.6) is 0 Å². The second-order valence-corrected chi connectivity index (χ2v) is 6.87. The average Bonchev–Trinajstić information content (AvgIpc) is 3.13. The molecule has 0 aromatic rings. The van der Waals surface area contributed by atoms with Crippen molar-refractivity contribution >= 4 is 39.4 Å². The maximum absolute atomic E-state index is 10.7. The Morgan fingerprint density at radius 3 is 2.00 bits per heavy atom. The van der Waals surface area contributed by atoms with Gasteiger partial charge in [0.05, 0.1) is 0 Å². The van der Waals surface area contributed by atoms with E-state index in [1.807, 2.05) is 35.4 Å². The van der Waals surface area contributed by atoms with Gasteiger partial charge in [-0.1, -0.05) is 34.9 Å². The molecule has 1 amide bonds. The van der Waals surface area contributed by atoms with Crippen LogP contribution in [0.25, 0.3) is 0 Å². The smallest absolute Gasteiger partial charge is 0.322 e. The molecule has 0 aromatic carbocycles. The fraction of sp³-hybridized carbons (Fsp3) is 0.667. The largest absolute Gasteiger partial charge is 0.480 e. The molecule has 0 atom stereocenters. The molecule has 0 radical (unpaired) electrons. The number of hydrogen-bond donors (Lipinski definition) is 4. The number of terminal acetylenes is 1. The highest BCUT2D eigenvalue weighted by atomic mass is 33.1. The van der Waals surface area contributed by atoms with Crippen LogP contribution in [0.2, 0.25) is 0 Å². The molecule has 1 rings (SSSR count). The Bertz CT molecular complexity index is 348. The highest BCUT2D eigenvalue weighted by molar-refractivity contribution is 8.77. The minimum atomic E-state index is -1.00. The number of carboxylic acids is 1. The normalized spacial score (nSPS) is 11.2. The highest BCUT2D eigenvalue weighted by Gasteiger charge is 2.01. The van der Waals surface area contributed by atoms with Crippen molar-refractivity contribution in [2.24, 2.45) is 16.5 Å². The lowest BCUT2D eigenvalue weighted by atomic mass is 10.2. The van der Waals surface area contributed by atoms with E-state index in [1.54, 1.807) is 0 Å². The van der Waals surface area contributed by atoms with Gasteiger partial charge in [0.25, 0.3) is 0 Å². The van der Waals surface area contributed by atoms with Crippen LogP contribution in [0.15, 0.2) is 4.99 Å². The van der Waals surface area contributed by atoms with E-state index < -0.39 is 5.97 Å². The second-order valence-electron chi connectivity index (χ2n) is 4.17. The average molecular weight is 379 g/mol. The first-order valence-corrected chi connectivity index (χ1v) is 10.0. The van der Waals surface area contributed by atoms with E-state index in [9.17, 15) is 9.59 Å². The van der Waals surface area contributed by atoms with Crippen molar-refractivity contribution in [3.8, 4) is 12.8 Å². The van der Waals surface area contributed by atoms with Gasteiger partial charge in [0.15, 0.2) is 5.96 Å². The van der Waals surface area contributed by atoms with Crippen LogP contribution < -0.4 is 16.8 Å². The van der Waals surface area contributed by atoms with Crippen molar-refractivity contribution in [3.05, 3.63) is 0 Å². The molecule has 0 spiro atoms. The molecule has 1 saturated heterocycles. The Balaban J connectivity index is -0.000000285. The summed E-state index contributed by atoms with van der Waals surface area (Å²) < 4.78 is 0. The Kier molecular flexibility index (Phi) is 27.0. The fourth-order valence-electron chi connectivity index (χ4n) is 1.08. The summed E-state index contributed by atoms with van der Waals surface area (Å²) in [5.41, 5.74) is 9.86. The van der Waals surface area contributed by atoms with E-state index in [2.05, 4.69) is 23.2 Å². The van der Waals surface area contributed by atoms with E-state index in [1.165, 1.54) is 17.9 Å². The minimum Gasteiger partial charge on any atom is -0.480 e. The van der Waals surface area contributed by atoms with Crippen molar-refractivity contribution in [2.45, 2.75) is 39.5 Å². The standard InChI is InChI=1S/C7H13NO3.C3H9N3.C3H6S2.C2H2/c1-2-3-4-6(9)8-5-7(10)11;1-2-6-3(4)5;1-2-4-5-3-1;1-2/h2-5H2,1H3,(H,8,9)(H,10,11);2H2,1H3,(H4,4,5,6);1-3H2;1-2H. The SMILES string of the molecule is C#C.C1CSSC1.CCCCC(=O)NCC(=O)O.CCN=C(N)N.